The van der Waals surface area contributed by atoms with E-state index in [1.807, 2.05) is 34.7 Å². The lowest BCUT2D eigenvalue weighted by Crippen LogP contribution is -2.26. The quantitative estimate of drug-likeness (QED) is 0.412. The Kier molecular flexibility index (Phi) is 5.13. The Labute approximate surface area is 213 Å². The van der Waals surface area contributed by atoms with Crippen molar-refractivity contribution in [2.75, 3.05) is 16.8 Å². The molecule has 188 valence electrons. The van der Waals surface area contributed by atoms with Gasteiger partial charge < -0.3 is 15.3 Å². The minimum Gasteiger partial charge on any atom is -0.391 e. The molecule has 4 aromatic rings. The topological polar surface area (TPSA) is 134 Å². The lowest BCUT2D eigenvalue weighted by atomic mass is 10.1. The molecule has 37 heavy (non-hydrogen) atoms. The summed E-state index contributed by atoms with van der Waals surface area (Å²) < 4.78 is 1.97. The zero-order chi connectivity index (χ0) is 25.1. The molecule has 4 atom stereocenters. The summed E-state index contributed by atoms with van der Waals surface area (Å²) in [6, 6.07) is 3.44. The van der Waals surface area contributed by atoms with Gasteiger partial charge in [0.2, 0.25) is 11.7 Å². The third-order valence-corrected chi connectivity index (χ3v) is 7.49. The second-order valence-corrected chi connectivity index (χ2v) is 10.3. The Morgan fingerprint density at radius 1 is 1.11 bits per heavy atom. The monoisotopic (exact) mass is 497 g/mol. The molecule has 1 aliphatic heterocycles. The van der Waals surface area contributed by atoms with Gasteiger partial charge in [-0.2, -0.15) is 0 Å². The molecule has 3 fully saturated rings. The number of aliphatic hydroxyl groups is 1. The summed E-state index contributed by atoms with van der Waals surface area (Å²) in [6.07, 6.45) is 12.4. The van der Waals surface area contributed by atoms with Crippen molar-refractivity contribution < 1.29 is 9.90 Å². The number of aliphatic hydroxyl groups excluding tert-OH is 1. The van der Waals surface area contributed by atoms with E-state index in [1.54, 1.807) is 12.3 Å². The van der Waals surface area contributed by atoms with Crippen molar-refractivity contribution in [1.29, 1.82) is 0 Å². The number of anilines is 2. The summed E-state index contributed by atoms with van der Waals surface area (Å²) in [5, 5.41) is 13.5. The normalized spacial score (nSPS) is 25.0. The van der Waals surface area contributed by atoms with Crippen molar-refractivity contribution in [2.45, 2.75) is 56.6 Å². The number of carbonyl (C=O) groups is 1. The van der Waals surface area contributed by atoms with Crippen molar-refractivity contribution in [1.82, 2.24) is 34.3 Å². The van der Waals surface area contributed by atoms with Gasteiger partial charge in [-0.3, -0.25) is 9.20 Å². The van der Waals surface area contributed by atoms with Gasteiger partial charge in [-0.15, -0.1) is 0 Å². The van der Waals surface area contributed by atoms with Crippen LogP contribution in [0.25, 0.3) is 5.78 Å². The Bertz CT molecular complexity index is 1500. The van der Waals surface area contributed by atoms with Crippen LogP contribution >= 0.6 is 0 Å². The van der Waals surface area contributed by atoms with Gasteiger partial charge in [-0.25, -0.2) is 29.9 Å². The Morgan fingerprint density at radius 3 is 2.84 bits per heavy atom. The van der Waals surface area contributed by atoms with Gasteiger partial charge in [0.15, 0.2) is 0 Å². The van der Waals surface area contributed by atoms with Gasteiger partial charge in [0.1, 0.15) is 23.8 Å². The zero-order valence-corrected chi connectivity index (χ0v) is 20.4. The number of hydrogen-bond donors (Lipinski definition) is 2. The van der Waals surface area contributed by atoms with Crippen LogP contribution in [0.3, 0.4) is 0 Å². The molecular formula is C26H27N9O2. The number of fused-ring (bicyclic) bond motifs is 1. The summed E-state index contributed by atoms with van der Waals surface area (Å²) in [6.45, 7) is 2.33. The molecule has 0 spiro atoms. The average molecular weight is 498 g/mol. The molecule has 1 saturated heterocycles. The maximum Gasteiger partial charge on any atom is 0.234 e. The van der Waals surface area contributed by atoms with Crippen LogP contribution in [0.4, 0.5) is 11.6 Å². The largest absolute Gasteiger partial charge is 0.391 e. The molecule has 2 N–H and O–H groups in total. The van der Waals surface area contributed by atoms with Crippen molar-refractivity contribution in [2.24, 2.45) is 5.92 Å². The van der Waals surface area contributed by atoms with E-state index in [-0.39, 0.29) is 23.8 Å². The van der Waals surface area contributed by atoms with E-state index in [2.05, 4.69) is 36.4 Å². The number of aromatic nitrogens is 7. The van der Waals surface area contributed by atoms with Gasteiger partial charge in [0, 0.05) is 61.3 Å². The van der Waals surface area contributed by atoms with Gasteiger partial charge in [0.25, 0.3) is 0 Å². The molecule has 4 aromatic heterocycles. The summed E-state index contributed by atoms with van der Waals surface area (Å²) >= 11 is 0. The molecule has 0 radical (unpaired) electrons. The van der Waals surface area contributed by atoms with E-state index < -0.39 is 6.10 Å². The molecule has 0 bridgehead atoms. The van der Waals surface area contributed by atoms with E-state index in [0.29, 0.717) is 42.1 Å². The van der Waals surface area contributed by atoms with E-state index in [0.717, 1.165) is 17.8 Å². The molecule has 7 rings (SSSR count). The molecule has 11 heteroatoms. The van der Waals surface area contributed by atoms with E-state index >= 15 is 0 Å². The van der Waals surface area contributed by atoms with E-state index in [1.165, 1.54) is 24.7 Å². The van der Waals surface area contributed by atoms with Crippen molar-refractivity contribution >= 4 is 23.3 Å². The Hall–Kier alpha value is -3.99. The standard InChI is InChI=1S/C26H27N9O2/c1-14-4-5-27-24(31-14)18-7-19(18)25(37)33-22-8-23(30-13-29-22)35-11-17(36)6-21(35)20-12-34-10-16(15-2-3-15)9-28-26(34)32-20/h4-5,8-10,12-13,15,17-19,21,36H,2-3,6-7,11H2,1H3,(H,29,30,33,37)/t17-,18-,19-,21+/m0/s1. The maximum atomic E-state index is 12.9. The number of nitrogens with one attached hydrogen (secondary N) is 1. The molecule has 11 nitrogen and oxygen atoms in total. The number of carbonyl (C=O) groups excluding carboxylic acids is 1. The fraction of sp³-hybridized carbons (Fsp3) is 0.423. The predicted octanol–water partition coefficient (Wildman–Crippen LogP) is 2.55. The Morgan fingerprint density at radius 2 is 2.00 bits per heavy atom. The van der Waals surface area contributed by atoms with Gasteiger partial charge in [-0.05, 0) is 43.7 Å². The number of rotatable bonds is 6. The van der Waals surface area contributed by atoms with Crippen LogP contribution < -0.4 is 10.2 Å². The van der Waals surface area contributed by atoms with Crippen LogP contribution in [0.2, 0.25) is 0 Å². The number of amides is 1. The molecule has 2 aliphatic carbocycles. The van der Waals surface area contributed by atoms with E-state index in [9.17, 15) is 9.90 Å². The highest BCUT2D eigenvalue weighted by molar-refractivity contribution is 5.94. The molecule has 0 unspecified atom stereocenters. The van der Waals surface area contributed by atoms with Crippen molar-refractivity contribution in [3.8, 4) is 0 Å². The van der Waals surface area contributed by atoms with E-state index in [4.69, 9.17) is 4.98 Å². The second-order valence-electron chi connectivity index (χ2n) is 10.3. The first-order chi connectivity index (χ1) is 18.0. The summed E-state index contributed by atoms with van der Waals surface area (Å²) in [5.74, 6) is 2.78. The molecule has 5 heterocycles. The fourth-order valence-corrected chi connectivity index (χ4v) is 5.26. The van der Waals surface area contributed by atoms with Crippen LogP contribution in [0.1, 0.15) is 66.3 Å². The lowest BCUT2D eigenvalue weighted by Gasteiger charge is -2.24. The maximum absolute atomic E-state index is 12.9. The van der Waals surface area contributed by atoms with Gasteiger partial charge >= 0.3 is 0 Å². The smallest absolute Gasteiger partial charge is 0.234 e. The zero-order valence-electron chi connectivity index (χ0n) is 20.4. The molecular weight excluding hydrogens is 470 g/mol. The number of nitrogens with zero attached hydrogens (tertiary/aromatic N) is 8. The molecule has 2 saturated carbocycles. The van der Waals surface area contributed by atoms with Crippen LogP contribution in [-0.4, -0.2) is 58.0 Å². The third kappa shape index (κ3) is 4.29. The van der Waals surface area contributed by atoms with Crippen molar-refractivity contribution in [3.05, 3.63) is 66.0 Å². The predicted molar refractivity (Wildman–Crippen MR) is 134 cm³/mol. The van der Waals surface area contributed by atoms with Crippen molar-refractivity contribution in [3.63, 3.8) is 0 Å². The Balaban J connectivity index is 1.09. The van der Waals surface area contributed by atoms with Gasteiger partial charge in [0.05, 0.1) is 17.8 Å². The molecule has 3 aliphatic rings. The number of imidazole rings is 1. The summed E-state index contributed by atoms with van der Waals surface area (Å²) in [7, 11) is 0. The second kappa shape index (κ2) is 8.55. The molecule has 0 aromatic carbocycles. The van der Waals surface area contributed by atoms with Gasteiger partial charge in [-0.1, -0.05) is 0 Å². The summed E-state index contributed by atoms with van der Waals surface area (Å²) in [5.41, 5.74) is 2.96. The average Bonchev–Trinajstić information content (AvgIpc) is 3.81. The highest BCUT2D eigenvalue weighted by Crippen LogP contribution is 2.46. The highest BCUT2D eigenvalue weighted by atomic mass is 16.3. The number of β-amino-alcohol motifs (C(OH)–C–C–N with tert-alkyl or cyclic N) is 1. The number of hydrogen-bond acceptors (Lipinski definition) is 9. The first-order valence-electron chi connectivity index (χ1n) is 12.7. The van der Waals surface area contributed by atoms with Crippen LogP contribution in [-0.2, 0) is 4.79 Å². The fourth-order valence-electron chi connectivity index (χ4n) is 5.26. The minimum atomic E-state index is -0.514. The summed E-state index contributed by atoms with van der Waals surface area (Å²) in [4.78, 5) is 41.7. The SMILES string of the molecule is Cc1ccnc([C@H]2C[C@@H]2C(=O)Nc2cc(N3C[C@@H](O)C[C@@H]3c3cn4cc(C5CC5)cnc4n3)ncn2)n1. The lowest BCUT2D eigenvalue weighted by molar-refractivity contribution is -0.117. The third-order valence-electron chi connectivity index (χ3n) is 7.49. The highest BCUT2D eigenvalue weighted by Gasteiger charge is 2.46. The minimum absolute atomic E-state index is 0.0309. The first-order valence-corrected chi connectivity index (χ1v) is 12.7. The van der Waals surface area contributed by atoms with Crippen LogP contribution in [0.15, 0.2) is 43.2 Å². The van der Waals surface area contributed by atoms with Crippen LogP contribution in [0.5, 0.6) is 0 Å². The molecule has 1 amide bonds. The van der Waals surface area contributed by atoms with Crippen LogP contribution in [0, 0.1) is 12.8 Å². The first kappa shape index (κ1) is 22.2. The number of aryl methyl sites for hydroxylation is 1.